The maximum absolute atomic E-state index is 6.04. The first kappa shape index (κ1) is 17.1. The Kier molecular flexibility index (Phi) is 6.48. The van der Waals surface area contributed by atoms with E-state index < -0.39 is 0 Å². The first-order chi connectivity index (χ1) is 10.3. The van der Waals surface area contributed by atoms with Crippen molar-refractivity contribution in [1.82, 2.24) is 14.9 Å². The zero-order chi connectivity index (χ0) is 14.5. The summed E-state index contributed by atoms with van der Waals surface area (Å²) in [6.45, 7) is 2.87. The minimum atomic E-state index is 0. The molecule has 0 spiro atoms. The number of imidazole rings is 1. The standard InChI is InChI=1S/C16H23N5.HI/c17-16(21-11-4-1-5-12-21)18-10-6-9-15-19-13-7-2-3-8-14(13)20-15;/h2-3,7-8H,1,4-6,9-12H2,(H2,17,18)(H,19,20);1H. The van der Waals surface area contributed by atoms with Crippen LogP contribution in [-0.2, 0) is 6.42 Å². The van der Waals surface area contributed by atoms with Crippen molar-refractivity contribution in [2.45, 2.75) is 32.1 Å². The Balaban J connectivity index is 0.00000176. The number of nitrogens with two attached hydrogens (primary N) is 1. The van der Waals surface area contributed by atoms with E-state index in [0.29, 0.717) is 5.96 Å². The molecule has 120 valence electrons. The lowest BCUT2D eigenvalue weighted by Crippen LogP contribution is -2.40. The Bertz CT molecular complexity index is 583. The van der Waals surface area contributed by atoms with Crippen molar-refractivity contribution >= 4 is 41.0 Å². The zero-order valence-electron chi connectivity index (χ0n) is 12.8. The molecule has 1 aromatic heterocycles. The van der Waals surface area contributed by atoms with Crippen molar-refractivity contribution in [2.24, 2.45) is 10.7 Å². The normalized spacial score (nSPS) is 15.8. The van der Waals surface area contributed by atoms with Crippen LogP contribution >= 0.6 is 24.0 Å². The summed E-state index contributed by atoms with van der Waals surface area (Å²) in [6, 6.07) is 8.12. The molecule has 1 aliphatic heterocycles. The van der Waals surface area contributed by atoms with Crippen LogP contribution in [0.25, 0.3) is 11.0 Å². The summed E-state index contributed by atoms with van der Waals surface area (Å²) < 4.78 is 0. The number of piperidine rings is 1. The number of aromatic amines is 1. The quantitative estimate of drug-likeness (QED) is 0.351. The number of fused-ring (bicyclic) bond motifs is 1. The lowest BCUT2D eigenvalue weighted by Gasteiger charge is -2.27. The van der Waals surface area contributed by atoms with Crippen molar-refractivity contribution in [3.63, 3.8) is 0 Å². The zero-order valence-corrected chi connectivity index (χ0v) is 15.1. The number of likely N-dealkylation sites (tertiary alicyclic amines) is 1. The molecule has 2 aromatic rings. The van der Waals surface area contributed by atoms with Crippen molar-refractivity contribution in [3.05, 3.63) is 30.1 Å². The predicted octanol–water partition coefficient (Wildman–Crippen LogP) is 2.91. The molecule has 0 unspecified atom stereocenters. The Labute approximate surface area is 148 Å². The fraction of sp³-hybridized carbons (Fsp3) is 0.500. The average molecular weight is 413 g/mol. The SMILES string of the molecule is I.NC(=NCCCc1nc2ccccc2[nH]1)N1CCCCC1. The Morgan fingerprint density at radius 1 is 1.23 bits per heavy atom. The van der Waals surface area contributed by atoms with Crippen LogP contribution < -0.4 is 5.73 Å². The average Bonchev–Trinajstić information content (AvgIpc) is 2.95. The van der Waals surface area contributed by atoms with Gasteiger partial charge >= 0.3 is 0 Å². The van der Waals surface area contributed by atoms with Gasteiger partial charge in [-0.2, -0.15) is 0 Å². The van der Waals surface area contributed by atoms with Crippen LogP contribution in [-0.4, -0.2) is 40.5 Å². The number of aromatic nitrogens is 2. The van der Waals surface area contributed by atoms with Gasteiger partial charge in [0.2, 0.25) is 0 Å². The number of hydrogen-bond donors (Lipinski definition) is 2. The third-order valence-electron chi connectivity index (χ3n) is 3.96. The van der Waals surface area contributed by atoms with E-state index in [1.807, 2.05) is 18.2 Å². The van der Waals surface area contributed by atoms with E-state index >= 15 is 0 Å². The van der Waals surface area contributed by atoms with E-state index in [1.54, 1.807) is 0 Å². The molecule has 22 heavy (non-hydrogen) atoms. The predicted molar refractivity (Wildman–Crippen MR) is 102 cm³/mol. The van der Waals surface area contributed by atoms with E-state index in [1.165, 1.54) is 19.3 Å². The van der Waals surface area contributed by atoms with Crippen LogP contribution in [0.5, 0.6) is 0 Å². The lowest BCUT2D eigenvalue weighted by molar-refractivity contribution is 0.338. The summed E-state index contributed by atoms with van der Waals surface area (Å²) >= 11 is 0. The number of guanidine groups is 1. The summed E-state index contributed by atoms with van der Waals surface area (Å²) in [7, 11) is 0. The molecule has 0 saturated carbocycles. The molecule has 0 amide bonds. The number of hydrogen-bond acceptors (Lipinski definition) is 2. The van der Waals surface area contributed by atoms with Gasteiger partial charge in [0, 0.05) is 26.1 Å². The highest BCUT2D eigenvalue weighted by atomic mass is 127. The number of nitrogens with one attached hydrogen (secondary N) is 1. The maximum Gasteiger partial charge on any atom is 0.191 e. The Hall–Kier alpha value is -1.31. The van der Waals surface area contributed by atoms with Crippen LogP contribution in [0.3, 0.4) is 0 Å². The van der Waals surface area contributed by atoms with E-state index in [4.69, 9.17) is 5.73 Å². The molecular formula is C16H24IN5. The molecule has 0 bridgehead atoms. The largest absolute Gasteiger partial charge is 0.370 e. The third-order valence-corrected chi connectivity index (χ3v) is 3.96. The van der Waals surface area contributed by atoms with Gasteiger partial charge in [0.25, 0.3) is 0 Å². The van der Waals surface area contributed by atoms with Crippen molar-refractivity contribution in [1.29, 1.82) is 0 Å². The van der Waals surface area contributed by atoms with Crippen LogP contribution in [0, 0.1) is 0 Å². The third kappa shape index (κ3) is 4.34. The molecule has 6 heteroatoms. The Morgan fingerprint density at radius 3 is 2.77 bits per heavy atom. The molecule has 1 saturated heterocycles. The highest BCUT2D eigenvalue weighted by Gasteiger charge is 2.11. The molecule has 1 aromatic carbocycles. The number of rotatable bonds is 4. The number of benzene rings is 1. The number of nitrogens with zero attached hydrogens (tertiary/aromatic N) is 3. The lowest BCUT2D eigenvalue weighted by atomic mass is 10.1. The highest BCUT2D eigenvalue weighted by molar-refractivity contribution is 14.0. The first-order valence-electron chi connectivity index (χ1n) is 7.81. The second kappa shape index (κ2) is 8.36. The molecule has 5 nitrogen and oxygen atoms in total. The van der Waals surface area contributed by atoms with Crippen LogP contribution in [0.4, 0.5) is 0 Å². The van der Waals surface area contributed by atoms with E-state index in [0.717, 1.165) is 49.3 Å². The van der Waals surface area contributed by atoms with Gasteiger partial charge in [-0.15, -0.1) is 24.0 Å². The monoisotopic (exact) mass is 413 g/mol. The summed E-state index contributed by atoms with van der Waals surface area (Å²) in [5.41, 5.74) is 8.17. The second-order valence-electron chi connectivity index (χ2n) is 5.59. The van der Waals surface area contributed by atoms with Crippen molar-refractivity contribution < 1.29 is 0 Å². The fourth-order valence-corrected chi connectivity index (χ4v) is 2.79. The smallest absolute Gasteiger partial charge is 0.191 e. The molecule has 0 radical (unpaired) electrons. The van der Waals surface area contributed by atoms with Gasteiger partial charge in [-0.25, -0.2) is 4.98 Å². The molecule has 1 fully saturated rings. The van der Waals surface area contributed by atoms with Gasteiger partial charge in [-0.05, 0) is 37.8 Å². The van der Waals surface area contributed by atoms with Gasteiger partial charge in [-0.3, -0.25) is 4.99 Å². The van der Waals surface area contributed by atoms with Crippen molar-refractivity contribution in [2.75, 3.05) is 19.6 Å². The molecule has 3 N–H and O–H groups in total. The molecule has 1 aliphatic rings. The number of para-hydroxylation sites is 2. The number of halogens is 1. The summed E-state index contributed by atoms with van der Waals surface area (Å²) in [6.07, 6.45) is 5.65. The van der Waals surface area contributed by atoms with E-state index in [9.17, 15) is 0 Å². The van der Waals surface area contributed by atoms with Gasteiger partial charge < -0.3 is 15.6 Å². The molecular weight excluding hydrogens is 389 g/mol. The minimum Gasteiger partial charge on any atom is -0.370 e. The molecule has 2 heterocycles. The minimum absolute atomic E-state index is 0. The molecule has 0 atom stereocenters. The van der Waals surface area contributed by atoms with Gasteiger partial charge in [-0.1, -0.05) is 12.1 Å². The van der Waals surface area contributed by atoms with Crippen LogP contribution in [0.15, 0.2) is 29.3 Å². The van der Waals surface area contributed by atoms with E-state index in [-0.39, 0.29) is 24.0 Å². The summed E-state index contributed by atoms with van der Waals surface area (Å²) in [5.74, 6) is 1.74. The van der Waals surface area contributed by atoms with Crippen LogP contribution in [0.1, 0.15) is 31.5 Å². The van der Waals surface area contributed by atoms with Gasteiger partial charge in [0.05, 0.1) is 11.0 Å². The number of H-pyrrole nitrogens is 1. The molecule has 0 aliphatic carbocycles. The van der Waals surface area contributed by atoms with Crippen LogP contribution in [0.2, 0.25) is 0 Å². The van der Waals surface area contributed by atoms with Gasteiger partial charge in [0.1, 0.15) is 5.82 Å². The number of aryl methyl sites for hydroxylation is 1. The van der Waals surface area contributed by atoms with Gasteiger partial charge in [0.15, 0.2) is 5.96 Å². The summed E-state index contributed by atoms with van der Waals surface area (Å²) in [5, 5.41) is 0. The Morgan fingerprint density at radius 2 is 2.00 bits per heavy atom. The van der Waals surface area contributed by atoms with E-state index in [2.05, 4.69) is 25.9 Å². The second-order valence-corrected chi connectivity index (χ2v) is 5.59. The summed E-state index contributed by atoms with van der Waals surface area (Å²) in [4.78, 5) is 14.6. The molecule has 3 rings (SSSR count). The maximum atomic E-state index is 6.04. The fourth-order valence-electron chi connectivity index (χ4n) is 2.79. The van der Waals surface area contributed by atoms with Crippen molar-refractivity contribution in [3.8, 4) is 0 Å². The first-order valence-corrected chi connectivity index (χ1v) is 7.81. The number of aliphatic imine (C=N–C) groups is 1. The highest BCUT2D eigenvalue weighted by Crippen LogP contribution is 2.11. The topological polar surface area (TPSA) is 70.3 Å².